The SMILES string of the molecule is O=Cc1ccc(OCCCO)s1. The van der Waals surface area contributed by atoms with Crippen LogP contribution in [0.2, 0.25) is 0 Å². The predicted molar refractivity (Wildman–Crippen MR) is 46.9 cm³/mol. The molecule has 0 radical (unpaired) electrons. The average molecular weight is 186 g/mol. The van der Waals surface area contributed by atoms with Gasteiger partial charge in [-0.1, -0.05) is 11.3 Å². The van der Waals surface area contributed by atoms with Crippen LogP contribution in [0, 0.1) is 0 Å². The normalized spacial score (nSPS) is 9.75. The van der Waals surface area contributed by atoms with Crippen molar-refractivity contribution in [1.82, 2.24) is 0 Å². The fraction of sp³-hybridized carbons (Fsp3) is 0.375. The van der Waals surface area contributed by atoms with Gasteiger partial charge in [0.1, 0.15) is 0 Å². The van der Waals surface area contributed by atoms with Gasteiger partial charge < -0.3 is 9.84 Å². The summed E-state index contributed by atoms with van der Waals surface area (Å²) in [4.78, 5) is 10.9. The van der Waals surface area contributed by atoms with Crippen molar-refractivity contribution >= 4 is 17.6 Å². The highest BCUT2D eigenvalue weighted by molar-refractivity contribution is 7.15. The molecule has 1 N–H and O–H groups in total. The number of aliphatic hydroxyl groups excluding tert-OH is 1. The summed E-state index contributed by atoms with van der Waals surface area (Å²) in [6, 6.07) is 3.47. The second kappa shape index (κ2) is 4.90. The molecular weight excluding hydrogens is 176 g/mol. The first-order valence-corrected chi connectivity index (χ1v) is 4.47. The van der Waals surface area contributed by atoms with Crippen molar-refractivity contribution in [2.24, 2.45) is 0 Å². The maximum Gasteiger partial charge on any atom is 0.174 e. The molecule has 12 heavy (non-hydrogen) atoms. The highest BCUT2D eigenvalue weighted by Crippen LogP contribution is 2.22. The van der Waals surface area contributed by atoms with Crippen LogP contribution in [0.25, 0.3) is 0 Å². The summed E-state index contributed by atoms with van der Waals surface area (Å²) in [7, 11) is 0. The van der Waals surface area contributed by atoms with Crippen LogP contribution in [-0.4, -0.2) is 24.6 Å². The average Bonchev–Trinajstić information content (AvgIpc) is 2.53. The Morgan fingerprint density at radius 1 is 1.58 bits per heavy atom. The zero-order valence-electron chi connectivity index (χ0n) is 6.53. The Morgan fingerprint density at radius 3 is 3.00 bits per heavy atom. The molecule has 0 aromatic carbocycles. The third kappa shape index (κ3) is 2.64. The standard InChI is InChI=1S/C8H10O3S/c9-4-1-5-11-8-3-2-7(6-10)12-8/h2-3,6,9H,1,4-5H2. The highest BCUT2D eigenvalue weighted by Gasteiger charge is 1.98. The maximum atomic E-state index is 10.3. The van der Waals surface area contributed by atoms with Crippen LogP contribution in [0.3, 0.4) is 0 Å². The first-order chi connectivity index (χ1) is 5.86. The summed E-state index contributed by atoms with van der Waals surface area (Å²) in [5.74, 6) is 0. The molecule has 4 heteroatoms. The lowest BCUT2D eigenvalue weighted by molar-refractivity contribution is 0.112. The smallest absolute Gasteiger partial charge is 0.174 e. The molecule has 0 aliphatic carbocycles. The van der Waals surface area contributed by atoms with E-state index in [0.29, 0.717) is 17.9 Å². The van der Waals surface area contributed by atoms with Crippen molar-refractivity contribution < 1.29 is 14.6 Å². The van der Waals surface area contributed by atoms with Gasteiger partial charge in [0.15, 0.2) is 11.3 Å². The third-order valence-corrected chi connectivity index (χ3v) is 2.19. The molecule has 0 aliphatic rings. The van der Waals surface area contributed by atoms with Gasteiger partial charge in [-0.25, -0.2) is 0 Å². The minimum Gasteiger partial charge on any atom is -0.484 e. The molecule has 0 unspecified atom stereocenters. The summed E-state index contributed by atoms with van der Waals surface area (Å²) in [6.07, 6.45) is 1.41. The van der Waals surface area contributed by atoms with Crippen molar-refractivity contribution in [1.29, 1.82) is 0 Å². The molecule has 0 atom stereocenters. The predicted octanol–water partition coefficient (Wildman–Crippen LogP) is 1.32. The Hall–Kier alpha value is -0.870. The van der Waals surface area contributed by atoms with Crippen LogP contribution in [0.5, 0.6) is 5.06 Å². The molecule has 0 spiro atoms. The lowest BCUT2D eigenvalue weighted by atomic mass is 10.5. The van der Waals surface area contributed by atoms with E-state index in [1.165, 1.54) is 11.3 Å². The number of aldehydes is 1. The molecule has 1 heterocycles. The number of hydrogen-bond donors (Lipinski definition) is 1. The van der Waals surface area contributed by atoms with Crippen LogP contribution in [0.1, 0.15) is 16.1 Å². The largest absolute Gasteiger partial charge is 0.484 e. The Labute approximate surface area is 74.6 Å². The van der Waals surface area contributed by atoms with Crippen molar-refractivity contribution in [2.45, 2.75) is 6.42 Å². The van der Waals surface area contributed by atoms with Gasteiger partial charge in [-0.3, -0.25) is 4.79 Å². The van der Waals surface area contributed by atoms with Gasteiger partial charge in [0.2, 0.25) is 0 Å². The number of rotatable bonds is 5. The first kappa shape index (κ1) is 9.22. The van der Waals surface area contributed by atoms with Crippen molar-refractivity contribution in [3.63, 3.8) is 0 Å². The van der Waals surface area contributed by atoms with E-state index in [9.17, 15) is 4.79 Å². The van der Waals surface area contributed by atoms with Gasteiger partial charge in [-0.2, -0.15) is 0 Å². The number of carbonyl (C=O) groups excluding carboxylic acids is 1. The van der Waals surface area contributed by atoms with E-state index in [1.54, 1.807) is 12.1 Å². The summed E-state index contributed by atoms with van der Waals surface area (Å²) in [5, 5.41) is 9.19. The van der Waals surface area contributed by atoms with Crippen LogP contribution in [0.15, 0.2) is 12.1 Å². The van der Waals surface area contributed by atoms with Crippen molar-refractivity contribution in [3.8, 4) is 5.06 Å². The van der Waals surface area contributed by atoms with Gasteiger partial charge in [-0.15, -0.1) is 0 Å². The number of ether oxygens (including phenoxy) is 1. The second-order valence-electron chi connectivity index (χ2n) is 2.20. The molecule has 66 valence electrons. The van der Waals surface area contributed by atoms with E-state index in [-0.39, 0.29) is 6.61 Å². The summed E-state index contributed by atoms with van der Waals surface area (Å²) < 4.78 is 5.23. The highest BCUT2D eigenvalue weighted by atomic mass is 32.1. The topological polar surface area (TPSA) is 46.5 Å². The molecule has 1 aromatic heterocycles. The number of aliphatic hydroxyl groups is 1. The van der Waals surface area contributed by atoms with Gasteiger partial charge in [-0.05, 0) is 12.1 Å². The first-order valence-electron chi connectivity index (χ1n) is 3.65. The Kier molecular flexibility index (Phi) is 3.76. The molecule has 1 aromatic rings. The van der Waals surface area contributed by atoms with E-state index in [0.717, 1.165) is 11.3 Å². The van der Waals surface area contributed by atoms with Gasteiger partial charge >= 0.3 is 0 Å². The molecule has 0 saturated carbocycles. The zero-order chi connectivity index (χ0) is 8.81. The number of thiophene rings is 1. The zero-order valence-corrected chi connectivity index (χ0v) is 7.34. The molecule has 1 rings (SSSR count). The molecule has 3 nitrogen and oxygen atoms in total. The maximum absolute atomic E-state index is 10.3. The molecule has 0 aliphatic heterocycles. The second-order valence-corrected chi connectivity index (χ2v) is 3.28. The molecular formula is C8H10O3S. The molecule has 0 fully saturated rings. The van der Waals surface area contributed by atoms with Crippen molar-refractivity contribution in [2.75, 3.05) is 13.2 Å². The molecule has 0 amide bonds. The minimum atomic E-state index is 0.131. The van der Waals surface area contributed by atoms with E-state index in [2.05, 4.69) is 0 Å². The summed E-state index contributed by atoms with van der Waals surface area (Å²) in [6.45, 7) is 0.626. The Balaban J connectivity index is 2.36. The third-order valence-electron chi connectivity index (χ3n) is 1.27. The quantitative estimate of drug-likeness (QED) is 0.557. The lowest BCUT2D eigenvalue weighted by Crippen LogP contribution is -1.97. The fourth-order valence-corrected chi connectivity index (χ4v) is 1.41. The van der Waals surface area contributed by atoms with Crippen LogP contribution in [-0.2, 0) is 0 Å². The van der Waals surface area contributed by atoms with Crippen molar-refractivity contribution in [3.05, 3.63) is 17.0 Å². The fourth-order valence-electron chi connectivity index (χ4n) is 0.713. The summed E-state index contributed by atoms with van der Waals surface area (Å²) in [5.41, 5.74) is 0. The Bertz CT molecular complexity index is 244. The molecule has 0 bridgehead atoms. The number of hydrogen-bond acceptors (Lipinski definition) is 4. The monoisotopic (exact) mass is 186 g/mol. The van der Waals surface area contributed by atoms with E-state index < -0.39 is 0 Å². The molecule has 0 saturated heterocycles. The van der Waals surface area contributed by atoms with Crippen LogP contribution >= 0.6 is 11.3 Å². The van der Waals surface area contributed by atoms with E-state index in [4.69, 9.17) is 9.84 Å². The van der Waals surface area contributed by atoms with Gasteiger partial charge in [0.25, 0.3) is 0 Å². The van der Waals surface area contributed by atoms with Crippen LogP contribution < -0.4 is 4.74 Å². The summed E-state index contributed by atoms with van der Waals surface area (Å²) >= 11 is 1.31. The van der Waals surface area contributed by atoms with E-state index in [1.807, 2.05) is 0 Å². The number of carbonyl (C=O) groups is 1. The Morgan fingerprint density at radius 2 is 2.42 bits per heavy atom. The lowest BCUT2D eigenvalue weighted by Gasteiger charge is -1.99. The van der Waals surface area contributed by atoms with Gasteiger partial charge in [0, 0.05) is 13.0 Å². The van der Waals surface area contributed by atoms with Gasteiger partial charge in [0.05, 0.1) is 11.5 Å². The minimum absolute atomic E-state index is 0.131. The van der Waals surface area contributed by atoms with E-state index >= 15 is 0 Å². The van der Waals surface area contributed by atoms with Crippen LogP contribution in [0.4, 0.5) is 0 Å².